The number of aryl methyl sites for hydroxylation is 1. The van der Waals surface area contributed by atoms with E-state index in [1.54, 1.807) is 0 Å². The number of rotatable bonds is 1. The second kappa shape index (κ2) is 5.56. The van der Waals surface area contributed by atoms with Gasteiger partial charge in [0, 0.05) is 0 Å². The SMILES string of the molecule is [B]c1cc(C)c2c3c1/C=C\C(CC)/C(C)=C\C=C(\C=C2)C3. The zero-order valence-electron chi connectivity index (χ0n) is 13.1. The largest absolute Gasteiger partial charge is 0.114 e. The quantitative estimate of drug-likeness (QED) is 0.669. The molecule has 0 aromatic heterocycles. The second-order valence-corrected chi connectivity index (χ2v) is 6.12. The van der Waals surface area contributed by atoms with Gasteiger partial charge in [-0.05, 0) is 60.4 Å². The average molecular weight is 272 g/mol. The minimum absolute atomic E-state index is 0.487. The molecule has 2 aliphatic rings. The normalized spacial score (nSPS) is 26.5. The summed E-state index contributed by atoms with van der Waals surface area (Å²) in [6, 6.07) is 2.10. The summed E-state index contributed by atoms with van der Waals surface area (Å²) in [5.41, 5.74) is 8.86. The molecule has 21 heavy (non-hydrogen) atoms. The molecule has 0 nitrogen and oxygen atoms in total. The van der Waals surface area contributed by atoms with E-state index >= 15 is 0 Å². The van der Waals surface area contributed by atoms with Crippen LogP contribution in [0.2, 0.25) is 0 Å². The van der Waals surface area contributed by atoms with Crippen LogP contribution in [-0.2, 0) is 6.42 Å². The molecule has 0 aliphatic heterocycles. The van der Waals surface area contributed by atoms with Gasteiger partial charge in [-0.2, -0.15) is 0 Å². The molecule has 1 atom stereocenters. The minimum atomic E-state index is 0.487. The Morgan fingerprint density at radius 1 is 1.10 bits per heavy atom. The summed E-state index contributed by atoms with van der Waals surface area (Å²) in [4.78, 5) is 0. The Labute approximate surface area is 129 Å². The molecule has 1 heteroatoms. The molecule has 0 saturated heterocycles. The highest BCUT2D eigenvalue weighted by Gasteiger charge is 2.16. The van der Waals surface area contributed by atoms with Crippen molar-refractivity contribution < 1.29 is 0 Å². The summed E-state index contributed by atoms with van der Waals surface area (Å²) < 4.78 is 0. The number of hydrogen-bond donors (Lipinski definition) is 0. The van der Waals surface area contributed by atoms with Crippen molar-refractivity contribution in [3.8, 4) is 0 Å². The van der Waals surface area contributed by atoms with E-state index in [9.17, 15) is 0 Å². The molecule has 1 aromatic carbocycles. The van der Waals surface area contributed by atoms with E-state index in [2.05, 4.69) is 63.3 Å². The van der Waals surface area contributed by atoms with Crippen LogP contribution in [0.1, 0.15) is 42.5 Å². The molecule has 0 heterocycles. The van der Waals surface area contributed by atoms with Crippen LogP contribution in [0, 0.1) is 12.8 Å². The van der Waals surface area contributed by atoms with Gasteiger partial charge in [-0.15, -0.1) is 0 Å². The van der Waals surface area contributed by atoms with Crippen molar-refractivity contribution in [3.63, 3.8) is 0 Å². The molecular formula is C20H21B. The standard InChI is InChI=1S/C20H21B/c1-4-16-8-10-18-19-12-15(6-5-13(16)2)7-9-17(19)14(3)11-20(18)21/h5-11,16H,4,12H2,1-3H3/b10-8-,13-5-,15-6-. The molecular weight excluding hydrogens is 251 g/mol. The Hall–Kier alpha value is -1.76. The van der Waals surface area contributed by atoms with Gasteiger partial charge in [-0.1, -0.05) is 60.5 Å². The van der Waals surface area contributed by atoms with Gasteiger partial charge >= 0.3 is 0 Å². The zero-order chi connectivity index (χ0) is 15.0. The Morgan fingerprint density at radius 2 is 1.90 bits per heavy atom. The number of benzene rings is 1. The van der Waals surface area contributed by atoms with Gasteiger partial charge in [0.15, 0.2) is 0 Å². The van der Waals surface area contributed by atoms with Gasteiger partial charge in [0.05, 0.1) is 0 Å². The van der Waals surface area contributed by atoms with Crippen molar-refractivity contribution in [2.24, 2.45) is 5.92 Å². The fraction of sp³-hybridized carbons (Fsp3) is 0.300. The lowest BCUT2D eigenvalue weighted by atomic mass is 9.78. The van der Waals surface area contributed by atoms with Crippen LogP contribution in [0.4, 0.5) is 0 Å². The Balaban J connectivity index is 2.25. The molecule has 1 aromatic rings. The van der Waals surface area contributed by atoms with Gasteiger partial charge in [0.2, 0.25) is 0 Å². The van der Waals surface area contributed by atoms with Gasteiger partial charge in [0.25, 0.3) is 0 Å². The Bertz CT molecular complexity index is 699. The summed E-state index contributed by atoms with van der Waals surface area (Å²) in [6.07, 6.45) is 15.6. The minimum Gasteiger partial charge on any atom is -0.0890 e. The van der Waals surface area contributed by atoms with Gasteiger partial charge < -0.3 is 0 Å². The first-order valence-corrected chi connectivity index (χ1v) is 7.75. The van der Waals surface area contributed by atoms with Crippen molar-refractivity contribution in [3.05, 3.63) is 63.8 Å². The fourth-order valence-corrected chi connectivity index (χ4v) is 3.32. The van der Waals surface area contributed by atoms with Crippen LogP contribution < -0.4 is 5.46 Å². The molecule has 3 rings (SSSR count). The molecule has 0 fully saturated rings. The maximum absolute atomic E-state index is 6.30. The molecule has 104 valence electrons. The predicted molar refractivity (Wildman–Crippen MR) is 94.0 cm³/mol. The third-order valence-corrected chi connectivity index (χ3v) is 4.68. The average Bonchev–Trinajstić information content (AvgIpc) is 2.47. The van der Waals surface area contributed by atoms with E-state index in [0.717, 1.165) is 18.3 Å². The van der Waals surface area contributed by atoms with E-state index in [1.165, 1.54) is 33.4 Å². The van der Waals surface area contributed by atoms with Crippen molar-refractivity contribution in [1.29, 1.82) is 0 Å². The first-order chi connectivity index (χ1) is 10.1. The van der Waals surface area contributed by atoms with E-state index < -0.39 is 0 Å². The van der Waals surface area contributed by atoms with Crippen LogP contribution in [0.5, 0.6) is 0 Å². The summed E-state index contributed by atoms with van der Waals surface area (Å²) in [5, 5.41) is 0. The highest BCUT2D eigenvalue weighted by Crippen LogP contribution is 2.30. The maximum Gasteiger partial charge on any atom is 0.114 e. The lowest BCUT2D eigenvalue weighted by molar-refractivity contribution is 0.729. The first kappa shape index (κ1) is 14.2. The fourth-order valence-electron chi connectivity index (χ4n) is 3.32. The molecule has 0 saturated carbocycles. The lowest BCUT2D eigenvalue weighted by Crippen LogP contribution is -2.16. The summed E-state index contributed by atoms with van der Waals surface area (Å²) in [7, 11) is 6.30. The van der Waals surface area contributed by atoms with Crippen LogP contribution in [0.15, 0.2) is 41.5 Å². The lowest BCUT2D eigenvalue weighted by Gasteiger charge is -2.22. The van der Waals surface area contributed by atoms with E-state index in [0.29, 0.717) is 5.92 Å². The molecule has 1 unspecified atom stereocenters. The third kappa shape index (κ3) is 2.57. The number of fused-ring (bicyclic) bond motifs is 1. The zero-order valence-corrected chi connectivity index (χ0v) is 13.1. The highest BCUT2D eigenvalue weighted by molar-refractivity contribution is 6.34. The molecule has 0 spiro atoms. The van der Waals surface area contributed by atoms with E-state index in [1.807, 2.05) is 0 Å². The predicted octanol–water partition coefficient (Wildman–Crippen LogP) is 4.28. The van der Waals surface area contributed by atoms with E-state index in [-0.39, 0.29) is 0 Å². The third-order valence-electron chi connectivity index (χ3n) is 4.68. The van der Waals surface area contributed by atoms with Crippen molar-refractivity contribution in [1.82, 2.24) is 0 Å². The van der Waals surface area contributed by atoms with Crippen LogP contribution >= 0.6 is 0 Å². The summed E-state index contributed by atoms with van der Waals surface area (Å²) in [5.74, 6) is 0.487. The monoisotopic (exact) mass is 272 g/mol. The second-order valence-electron chi connectivity index (χ2n) is 6.12. The molecule has 0 amide bonds. The van der Waals surface area contributed by atoms with Gasteiger partial charge in [-0.25, -0.2) is 0 Å². The summed E-state index contributed by atoms with van der Waals surface area (Å²) in [6.45, 7) is 6.60. The first-order valence-electron chi connectivity index (χ1n) is 7.75. The van der Waals surface area contributed by atoms with Crippen molar-refractivity contribution in [2.45, 2.75) is 33.6 Å². The topological polar surface area (TPSA) is 0 Å². The van der Waals surface area contributed by atoms with Crippen LogP contribution in [0.3, 0.4) is 0 Å². The van der Waals surface area contributed by atoms with Gasteiger partial charge in [-0.3, -0.25) is 0 Å². The Kier molecular flexibility index (Phi) is 3.76. The van der Waals surface area contributed by atoms with Gasteiger partial charge in [0.1, 0.15) is 7.85 Å². The maximum atomic E-state index is 6.30. The highest BCUT2D eigenvalue weighted by atomic mass is 14.2. The number of allylic oxidation sites excluding steroid dienone is 6. The molecule has 2 aliphatic carbocycles. The van der Waals surface area contributed by atoms with Crippen molar-refractivity contribution in [2.75, 3.05) is 0 Å². The smallest absolute Gasteiger partial charge is 0.0890 e. The molecule has 2 radical (unpaired) electrons. The van der Waals surface area contributed by atoms with Crippen molar-refractivity contribution >= 4 is 25.5 Å². The van der Waals surface area contributed by atoms with Crippen LogP contribution in [-0.4, -0.2) is 7.85 Å². The molecule has 2 bridgehead atoms. The Morgan fingerprint density at radius 3 is 2.67 bits per heavy atom. The van der Waals surface area contributed by atoms with E-state index in [4.69, 9.17) is 7.85 Å². The number of hydrogen-bond acceptors (Lipinski definition) is 0. The molecule has 0 N–H and O–H groups in total. The van der Waals surface area contributed by atoms with Crippen LogP contribution in [0.25, 0.3) is 12.2 Å². The summed E-state index contributed by atoms with van der Waals surface area (Å²) >= 11 is 0.